The van der Waals surface area contributed by atoms with Gasteiger partial charge in [-0.2, -0.15) is 4.31 Å². The van der Waals surface area contributed by atoms with E-state index in [1.165, 1.54) is 6.42 Å². The molecule has 0 amide bonds. The van der Waals surface area contributed by atoms with Crippen molar-refractivity contribution >= 4 is 10.0 Å². The van der Waals surface area contributed by atoms with Gasteiger partial charge in [-0.25, -0.2) is 8.42 Å². The van der Waals surface area contributed by atoms with Crippen molar-refractivity contribution in [3.05, 3.63) is 29.8 Å². The highest BCUT2D eigenvalue weighted by Gasteiger charge is 2.24. The second-order valence-electron chi connectivity index (χ2n) is 5.42. The maximum absolute atomic E-state index is 12.6. The molecule has 2 rings (SSSR count). The molecule has 1 heterocycles. The minimum atomic E-state index is -3.39. The van der Waals surface area contributed by atoms with Crippen molar-refractivity contribution in [3.8, 4) is 0 Å². The Morgan fingerprint density at radius 2 is 1.50 bits per heavy atom. The molecule has 1 unspecified atom stereocenters. The van der Waals surface area contributed by atoms with Crippen LogP contribution in [-0.4, -0.2) is 30.9 Å². The molecular weight excluding hydrogens is 274 g/mol. The molecule has 1 N–H and O–H groups in total. The summed E-state index contributed by atoms with van der Waals surface area (Å²) in [5.74, 6) is 0. The zero-order chi connectivity index (χ0) is 14.6. The quantitative estimate of drug-likeness (QED) is 0.933. The molecule has 1 fully saturated rings. The van der Waals surface area contributed by atoms with Crippen LogP contribution in [0.25, 0.3) is 0 Å². The van der Waals surface area contributed by atoms with Gasteiger partial charge in [-0.1, -0.05) is 31.4 Å². The molecule has 0 bridgehead atoms. The first-order valence-electron chi connectivity index (χ1n) is 7.30. The maximum atomic E-state index is 12.6. The van der Waals surface area contributed by atoms with Gasteiger partial charge in [-0.05, 0) is 37.5 Å². The first kappa shape index (κ1) is 15.5. The molecule has 1 aliphatic heterocycles. The highest BCUT2D eigenvalue weighted by atomic mass is 32.2. The zero-order valence-corrected chi connectivity index (χ0v) is 12.8. The largest absolute Gasteiger partial charge is 0.389 e. The lowest BCUT2D eigenvalue weighted by atomic mass is 10.1. The molecule has 1 aromatic carbocycles. The third-order valence-electron chi connectivity index (χ3n) is 3.82. The second-order valence-corrected chi connectivity index (χ2v) is 7.35. The fourth-order valence-corrected chi connectivity index (χ4v) is 4.04. The summed E-state index contributed by atoms with van der Waals surface area (Å²) < 4.78 is 26.8. The van der Waals surface area contributed by atoms with E-state index in [9.17, 15) is 13.5 Å². The Kier molecular flexibility index (Phi) is 5.18. The van der Waals surface area contributed by atoms with Gasteiger partial charge in [-0.15, -0.1) is 0 Å². The average Bonchev–Trinajstić information content (AvgIpc) is 2.38. The van der Waals surface area contributed by atoms with Gasteiger partial charge >= 0.3 is 0 Å². The van der Waals surface area contributed by atoms with Gasteiger partial charge < -0.3 is 5.11 Å². The zero-order valence-electron chi connectivity index (χ0n) is 12.0. The number of aliphatic hydroxyl groups excluding tert-OH is 1. The SMILES string of the molecule is CC(O)c1ccc(S(=O)(=O)N2CCCCCCC2)cc1. The lowest BCUT2D eigenvalue weighted by molar-refractivity contribution is 0.199. The smallest absolute Gasteiger partial charge is 0.243 e. The molecule has 1 aromatic rings. The fourth-order valence-electron chi connectivity index (χ4n) is 2.53. The molecule has 5 heteroatoms. The third kappa shape index (κ3) is 3.59. The predicted molar refractivity (Wildman–Crippen MR) is 78.9 cm³/mol. The van der Waals surface area contributed by atoms with E-state index in [2.05, 4.69) is 0 Å². The molecule has 0 radical (unpaired) electrons. The number of nitrogens with zero attached hydrogens (tertiary/aromatic N) is 1. The highest BCUT2D eigenvalue weighted by Crippen LogP contribution is 2.21. The molecule has 112 valence electrons. The summed E-state index contributed by atoms with van der Waals surface area (Å²) in [4.78, 5) is 0.322. The Balaban J connectivity index is 2.19. The van der Waals surface area contributed by atoms with Crippen LogP contribution in [0.15, 0.2) is 29.2 Å². The van der Waals surface area contributed by atoms with Crippen LogP contribution >= 0.6 is 0 Å². The summed E-state index contributed by atoms with van der Waals surface area (Å²) in [7, 11) is -3.39. The Labute approximate surface area is 121 Å². The number of sulfonamides is 1. The van der Waals surface area contributed by atoms with Crippen molar-refractivity contribution in [3.63, 3.8) is 0 Å². The first-order chi connectivity index (χ1) is 9.51. The highest BCUT2D eigenvalue weighted by molar-refractivity contribution is 7.89. The van der Waals surface area contributed by atoms with E-state index in [1.54, 1.807) is 35.5 Å². The van der Waals surface area contributed by atoms with Gasteiger partial charge in [0.25, 0.3) is 0 Å². The summed E-state index contributed by atoms with van der Waals surface area (Å²) in [6.07, 6.45) is 4.71. The lowest BCUT2D eigenvalue weighted by Crippen LogP contribution is -2.33. The molecule has 4 nitrogen and oxygen atoms in total. The molecular formula is C15H23NO3S. The average molecular weight is 297 g/mol. The summed E-state index contributed by atoms with van der Waals surface area (Å²) in [5.41, 5.74) is 0.733. The molecule has 0 aromatic heterocycles. The fraction of sp³-hybridized carbons (Fsp3) is 0.600. The van der Waals surface area contributed by atoms with Crippen LogP contribution in [0.2, 0.25) is 0 Å². The minimum absolute atomic E-state index is 0.322. The standard InChI is InChI=1S/C15H23NO3S/c1-13(17)14-7-9-15(10-8-14)20(18,19)16-11-5-3-2-4-6-12-16/h7-10,13,17H,2-6,11-12H2,1H3. The Morgan fingerprint density at radius 3 is 2.00 bits per heavy atom. The van der Waals surface area contributed by atoms with E-state index in [-0.39, 0.29) is 0 Å². The Morgan fingerprint density at radius 1 is 1.00 bits per heavy atom. The number of rotatable bonds is 3. The van der Waals surface area contributed by atoms with Crippen molar-refractivity contribution < 1.29 is 13.5 Å². The van der Waals surface area contributed by atoms with Crippen LogP contribution in [0, 0.1) is 0 Å². The third-order valence-corrected chi connectivity index (χ3v) is 5.73. The van der Waals surface area contributed by atoms with Crippen LogP contribution in [0.5, 0.6) is 0 Å². The van der Waals surface area contributed by atoms with Gasteiger partial charge in [-0.3, -0.25) is 0 Å². The van der Waals surface area contributed by atoms with Gasteiger partial charge in [0.1, 0.15) is 0 Å². The molecule has 20 heavy (non-hydrogen) atoms. The summed E-state index contributed by atoms with van der Waals surface area (Å²) in [5, 5.41) is 9.47. The second kappa shape index (κ2) is 6.70. The van der Waals surface area contributed by atoms with Crippen molar-refractivity contribution in [2.45, 2.75) is 50.0 Å². The van der Waals surface area contributed by atoms with E-state index in [0.717, 1.165) is 31.2 Å². The van der Waals surface area contributed by atoms with Gasteiger partial charge in [0.15, 0.2) is 0 Å². The van der Waals surface area contributed by atoms with Crippen LogP contribution in [-0.2, 0) is 10.0 Å². The lowest BCUT2D eigenvalue weighted by Gasteiger charge is -2.24. The van der Waals surface area contributed by atoms with E-state index in [0.29, 0.717) is 18.0 Å². The van der Waals surface area contributed by atoms with Crippen LogP contribution in [0.4, 0.5) is 0 Å². The molecule has 1 aliphatic rings. The Hall–Kier alpha value is -0.910. The molecule has 0 aliphatic carbocycles. The van der Waals surface area contributed by atoms with Crippen molar-refractivity contribution in [2.75, 3.05) is 13.1 Å². The van der Waals surface area contributed by atoms with Crippen LogP contribution in [0.1, 0.15) is 50.7 Å². The number of benzene rings is 1. The molecule has 1 saturated heterocycles. The van der Waals surface area contributed by atoms with Gasteiger partial charge in [0.2, 0.25) is 10.0 Å². The van der Waals surface area contributed by atoms with Crippen molar-refractivity contribution in [2.24, 2.45) is 0 Å². The monoisotopic (exact) mass is 297 g/mol. The molecule has 0 spiro atoms. The maximum Gasteiger partial charge on any atom is 0.243 e. The minimum Gasteiger partial charge on any atom is -0.389 e. The van der Waals surface area contributed by atoms with E-state index < -0.39 is 16.1 Å². The van der Waals surface area contributed by atoms with E-state index >= 15 is 0 Å². The van der Waals surface area contributed by atoms with Crippen molar-refractivity contribution in [1.29, 1.82) is 0 Å². The number of aliphatic hydroxyl groups is 1. The van der Waals surface area contributed by atoms with E-state index in [4.69, 9.17) is 0 Å². The van der Waals surface area contributed by atoms with Gasteiger partial charge in [0.05, 0.1) is 11.0 Å². The van der Waals surface area contributed by atoms with Gasteiger partial charge in [0, 0.05) is 13.1 Å². The first-order valence-corrected chi connectivity index (χ1v) is 8.74. The Bertz CT molecular complexity index is 515. The predicted octanol–water partition coefficient (Wildman–Crippen LogP) is 2.69. The normalized spacial score (nSPS) is 20.1. The summed E-state index contributed by atoms with van der Waals surface area (Å²) in [6, 6.07) is 6.55. The van der Waals surface area contributed by atoms with Crippen LogP contribution in [0.3, 0.4) is 0 Å². The summed E-state index contributed by atoms with van der Waals surface area (Å²) in [6.45, 7) is 2.89. The van der Waals surface area contributed by atoms with Crippen molar-refractivity contribution in [1.82, 2.24) is 4.31 Å². The topological polar surface area (TPSA) is 57.6 Å². The molecule has 0 saturated carbocycles. The number of hydrogen-bond acceptors (Lipinski definition) is 3. The van der Waals surface area contributed by atoms with Crippen LogP contribution < -0.4 is 0 Å². The van der Waals surface area contributed by atoms with E-state index in [1.807, 2.05) is 0 Å². The summed E-state index contributed by atoms with van der Waals surface area (Å²) >= 11 is 0. The number of hydrogen-bond donors (Lipinski definition) is 1. The molecule has 1 atom stereocenters.